The molecule has 0 saturated carbocycles. The van der Waals surface area contributed by atoms with Crippen molar-refractivity contribution in [3.63, 3.8) is 0 Å². The Morgan fingerprint density at radius 2 is 1.50 bits per heavy atom. The van der Waals surface area contributed by atoms with Gasteiger partial charge in [0.1, 0.15) is 5.92 Å². The molecule has 0 aliphatic carbocycles. The van der Waals surface area contributed by atoms with Crippen LogP contribution < -0.4 is 9.96 Å². The number of para-hydroxylation sites is 1. The third-order valence-electron chi connectivity index (χ3n) is 5.86. The molecule has 2 fully saturated rings. The number of hydrogen-bond acceptors (Lipinski definition) is 6. The van der Waals surface area contributed by atoms with Crippen LogP contribution in [0, 0.1) is 23.0 Å². The van der Waals surface area contributed by atoms with Crippen molar-refractivity contribution in [2.45, 2.75) is 19.1 Å². The number of rotatable bonds is 4. The van der Waals surface area contributed by atoms with Crippen molar-refractivity contribution in [2.75, 3.05) is 9.96 Å². The van der Waals surface area contributed by atoms with Gasteiger partial charge in [0.15, 0.2) is 6.10 Å². The highest BCUT2D eigenvalue weighted by Crippen LogP contribution is 2.47. The third kappa shape index (κ3) is 3.12. The zero-order chi connectivity index (χ0) is 22.4. The number of carbonyl (C=O) groups is 2. The monoisotopic (exact) mass is 429 g/mol. The maximum absolute atomic E-state index is 13.5. The molecule has 0 spiro atoms. The Balaban J connectivity index is 1.57. The standard InChI is InChI=1S/C24H19N3O5/c1-15-7-11-17(12-8-15)25-23(28)20-21(16-9-13-19(14-10-16)27(30)31)26(32-22(20)24(25)29)18-5-3-2-4-6-18/h2-14,20-22H,1H3/t20-,21+,22+/m0/s1. The number of hydrogen-bond donors (Lipinski definition) is 0. The molecule has 32 heavy (non-hydrogen) atoms. The summed E-state index contributed by atoms with van der Waals surface area (Å²) in [5, 5.41) is 12.7. The number of benzene rings is 3. The molecule has 3 atom stereocenters. The van der Waals surface area contributed by atoms with Crippen LogP contribution in [-0.2, 0) is 14.4 Å². The second kappa shape index (κ2) is 7.58. The lowest BCUT2D eigenvalue weighted by atomic mass is 9.90. The maximum Gasteiger partial charge on any atom is 0.269 e. The molecule has 0 unspecified atom stereocenters. The normalized spacial score (nSPS) is 22.3. The van der Waals surface area contributed by atoms with E-state index in [0.29, 0.717) is 16.9 Å². The highest BCUT2D eigenvalue weighted by atomic mass is 16.7. The van der Waals surface area contributed by atoms with Gasteiger partial charge in [-0.1, -0.05) is 48.0 Å². The summed E-state index contributed by atoms with van der Waals surface area (Å²) in [5.41, 5.74) is 2.80. The molecule has 160 valence electrons. The van der Waals surface area contributed by atoms with Gasteiger partial charge in [0.2, 0.25) is 5.91 Å². The fourth-order valence-electron chi connectivity index (χ4n) is 4.29. The SMILES string of the molecule is Cc1ccc(N2C(=O)[C@H]3[C@@H](c4ccc([N+](=O)[O-])cc4)N(c4ccccc4)O[C@H]3C2=O)cc1. The Morgan fingerprint density at radius 1 is 0.844 bits per heavy atom. The Hall–Kier alpha value is -4.04. The molecule has 8 heteroatoms. The molecular weight excluding hydrogens is 410 g/mol. The first-order valence-electron chi connectivity index (χ1n) is 10.2. The summed E-state index contributed by atoms with van der Waals surface area (Å²) in [4.78, 5) is 44.6. The molecule has 8 nitrogen and oxygen atoms in total. The summed E-state index contributed by atoms with van der Waals surface area (Å²) in [7, 11) is 0. The zero-order valence-corrected chi connectivity index (χ0v) is 17.1. The molecule has 2 aliphatic rings. The van der Waals surface area contributed by atoms with Gasteiger partial charge in [-0.25, -0.2) is 9.96 Å². The van der Waals surface area contributed by atoms with E-state index < -0.39 is 28.9 Å². The highest BCUT2D eigenvalue weighted by molar-refractivity contribution is 6.23. The minimum absolute atomic E-state index is 0.0504. The lowest BCUT2D eigenvalue weighted by molar-refractivity contribution is -0.384. The van der Waals surface area contributed by atoms with Crippen molar-refractivity contribution < 1.29 is 19.3 Å². The largest absolute Gasteiger partial charge is 0.273 e. The first-order valence-corrected chi connectivity index (χ1v) is 10.2. The number of carbonyl (C=O) groups excluding carboxylic acids is 2. The van der Waals surface area contributed by atoms with Crippen LogP contribution in [0.4, 0.5) is 17.1 Å². The first-order chi connectivity index (χ1) is 15.5. The molecule has 5 rings (SSSR count). The summed E-state index contributed by atoms with van der Waals surface area (Å²) in [6.07, 6.45) is -0.982. The molecule has 2 heterocycles. The Kier molecular flexibility index (Phi) is 4.71. The zero-order valence-electron chi connectivity index (χ0n) is 17.1. The highest BCUT2D eigenvalue weighted by Gasteiger charge is 2.60. The number of imide groups is 1. The Morgan fingerprint density at radius 3 is 2.12 bits per heavy atom. The topological polar surface area (TPSA) is 93.0 Å². The van der Waals surface area contributed by atoms with Crippen LogP contribution in [0.25, 0.3) is 0 Å². The molecule has 0 bridgehead atoms. The molecule has 0 radical (unpaired) electrons. The van der Waals surface area contributed by atoms with Crippen LogP contribution in [0.5, 0.6) is 0 Å². The third-order valence-corrected chi connectivity index (χ3v) is 5.86. The van der Waals surface area contributed by atoms with Gasteiger partial charge >= 0.3 is 0 Å². The van der Waals surface area contributed by atoms with Gasteiger partial charge in [-0.15, -0.1) is 0 Å². The van der Waals surface area contributed by atoms with Crippen molar-refractivity contribution in [1.29, 1.82) is 0 Å². The molecule has 3 aromatic carbocycles. The summed E-state index contributed by atoms with van der Waals surface area (Å²) >= 11 is 0. The fraction of sp³-hybridized carbons (Fsp3) is 0.167. The smallest absolute Gasteiger partial charge is 0.269 e. The average molecular weight is 429 g/mol. The molecule has 2 amide bonds. The maximum atomic E-state index is 13.5. The van der Waals surface area contributed by atoms with Gasteiger partial charge in [0.05, 0.1) is 22.3 Å². The van der Waals surface area contributed by atoms with Crippen molar-refractivity contribution in [1.82, 2.24) is 0 Å². The first kappa shape index (κ1) is 19.9. The Labute approximate surface area is 183 Å². The summed E-state index contributed by atoms with van der Waals surface area (Å²) in [5.74, 6) is -1.56. The number of aryl methyl sites for hydroxylation is 1. The number of nitro benzene ring substituents is 1. The van der Waals surface area contributed by atoms with Crippen LogP contribution in [0.2, 0.25) is 0 Å². The molecule has 2 saturated heterocycles. The lowest BCUT2D eigenvalue weighted by Gasteiger charge is -2.28. The van der Waals surface area contributed by atoms with E-state index in [1.54, 1.807) is 29.3 Å². The van der Waals surface area contributed by atoms with Crippen LogP contribution in [0.1, 0.15) is 17.2 Å². The van der Waals surface area contributed by atoms with E-state index >= 15 is 0 Å². The van der Waals surface area contributed by atoms with Crippen LogP contribution >= 0.6 is 0 Å². The van der Waals surface area contributed by atoms with Crippen molar-refractivity contribution in [3.05, 3.63) is 100 Å². The molecule has 0 N–H and O–H groups in total. The number of hydroxylamine groups is 1. The van der Waals surface area contributed by atoms with E-state index in [4.69, 9.17) is 4.84 Å². The van der Waals surface area contributed by atoms with Crippen LogP contribution in [0.15, 0.2) is 78.9 Å². The summed E-state index contributed by atoms with van der Waals surface area (Å²) in [6, 6.07) is 21.7. The van der Waals surface area contributed by atoms with E-state index in [9.17, 15) is 19.7 Å². The lowest BCUT2D eigenvalue weighted by Crippen LogP contribution is -2.37. The molecule has 0 aromatic heterocycles. The van der Waals surface area contributed by atoms with Gasteiger partial charge in [-0.05, 0) is 36.8 Å². The van der Waals surface area contributed by atoms with E-state index in [-0.39, 0.29) is 11.6 Å². The molecule has 3 aromatic rings. The Bertz CT molecular complexity index is 1190. The number of fused-ring (bicyclic) bond motifs is 1. The van der Waals surface area contributed by atoms with Crippen molar-refractivity contribution in [3.8, 4) is 0 Å². The van der Waals surface area contributed by atoms with Gasteiger partial charge < -0.3 is 0 Å². The van der Waals surface area contributed by atoms with E-state index in [2.05, 4.69) is 0 Å². The van der Waals surface area contributed by atoms with E-state index in [0.717, 1.165) is 5.56 Å². The number of nitro groups is 1. The second-order valence-electron chi connectivity index (χ2n) is 7.85. The van der Waals surface area contributed by atoms with Crippen LogP contribution in [0.3, 0.4) is 0 Å². The fourth-order valence-corrected chi connectivity index (χ4v) is 4.29. The minimum atomic E-state index is -0.982. The van der Waals surface area contributed by atoms with E-state index in [1.807, 2.05) is 49.4 Å². The number of amides is 2. The second-order valence-corrected chi connectivity index (χ2v) is 7.85. The van der Waals surface area contributed by atoms with Gasteiger partial charge in [0, 0.05) is 12.1 Å². The van der Waals surface area contributed by atoms with Gasteiger partial charge in [0.25, 0.3) is 11.6 Å². The van der Waals surface area contributed by atoms with Crippen molar-refractivity contribution >= 4 is 28.9 Å². The number of anilines is 2. The van der Waals surface area contributed by atoms with Crippen molar-refractivity contribution in [2.24, 2.45) is 5.92 Å². The molecule has 2 aliphatic heterocycles. The van der Waals surface area contributed by atoms with Crippen LogP contribution in [-0.4, -0.2) is 22.8 Å². The number of nitrogens with zero attached hydrogens (tertiary/aromatic N) is 3. The predicted octanol–water partition coefficient (Wildman–Crippen LogP) is 3.95. The van der Waals surface area contributed by atoms with E-state index in [1.165, 1.54) is 17.0 Å². The average Bonchev–Trinajstić information content (AvgIpc) is 3.31. The quantitative estimate of drug-likeness (QED) is 0.354. The van der Waals surface area contributed by atoms with Gasteiger partial charge in [-0.2, -0.15) is 0 Å². The number of non-ortho nitro benzene ring substituents is 1. The summed E-state index contributed by atoms with van der Waals surface area (Å²) < 4.78 is 0. The predicted molar refractivity (Wildman–Crippen MR) is 117 cm³/mol. The molecular formula is C24H19N3O5. The summed E-state index contributed by atoms with van der Waals surface area (Å²) in [6.45, 7) is 1.93. The van der Waals surface area contributed by atoms with Gasteiger partial charge in [-0.3, -0.25) is 24.5 Å². The minimum Gasteiger partial charge on any atom is -0.273 e.